The summed E-state index contributed by atoms with van der Waals surface area (Å²) in [7, 11) is 1.91. The van der Waals surface area contributed by atoms with E-state index in [4.69, 9.17) is 28.6 Å². The van der Waals surface area contributed by atoms with E-state index in [1.54, 1.807) is 0 Å². The fourth-order valence-electron chi connectivity index (χ4n) is 3.56. The van der Waals surface area contributed by atoms with Crippen LogP contribution in [0, 0.1) is 25.8 Å². The van der Waals surface area contributed by atoms with Gasteiger partial charge in [0.25, 0.3) is 5.17 Å². The molecule has 5 nitrogen and oxygen atoms in total. The van der Waals surface area contributed by atoms with Crippen molar-refractivity contribution in [3.8, 4) is 0 Å². The molecule has 0 aliphatic heterocycles. The van der Waals surface area contributed by atoms with Gasteiger partial charge in [-0.1, -0.05) is 49.9 Å². The SMILES string of the molecule is Cc1c[c-]ccc1N(C)c1nc(C)c(NC(=S)OCCC2CCCC2)c(Cl)n1.[Co]. The molecule has 0 saturated heterocycles. The van der Waals surface area contributed by atoms with Crippen molar-refractivity contribution in [3.05, 3.63) is 40.7 Å². The number of aryl methyl sites for hydroxylation is 2. The third-order valence-electron chi connectivity index (χ3n) is 5.20. The van der Waals surface area contributed by atoms with Crippen molar-refractivity contribution in [2.45, 2.75) is 46.0 Å². The first-order valence-corrected chi connectivity index (χ1v) is 10.4. The van der Waals surface area contributed by atoms with E-state index in [1.807, 2.05) is 44.0 Å². The van der Waals surface area contributed by atoms with Crippen LogP contribution >= 0.6 is 23.8 Å². The van der Waals surface area contributed by atoms with Gasteiger partial charge in [-0.15, -0.1) is 11.6 Å². The van der Waals surface area contributed by atoms with Gasteiger partial charge in [0.2, 0.25) is 5.95 Å². The third-order valence-corrected chi connectivity index (χ3v) is 5.69. The van der Waals surface area contributed by atoms with Crippen molar-refractivity contribution in [2.24, 2.45) is 5.92 Å². The Hall–Kier alpha value is -1.41. The topological polar surface area (TPSA) is 50.3 Å². The molecule has 1 aliphatic carbocycles. The maximum Gasteiger partial charge on any atom is 0.261 e. The molecule has 1 radical (unpaired) electrons. The number of hydrogen-bond donors (Lipinski definition) is 1. The third kappa shape index (κ3) is 6.28. The first kappa shape index (κ1) is 23.9. The van der Waals surface area contributed by atoms with Crippen LogP contribution in [0.15, 0.2) is 18.2 Å². The van der Waals surface area contributed by atoms with E-state index in [9.17, 15) is 0 Å². The predicted octanol–water partition coefficient (Wildman–Crippen LogP) is 5.61. The van der Waals surface area contributed by atoms with E-state index in [0.717, 1.165) is 23.6 Å². The molecular formula is C21H26ClCoN4OS-. The van der Waals surface area contributed by atoms with Crippen molar-refractivity contribution in [1.82, 2.24) is 9.97 Å². The summed E-state index contributed by atoms with van der Waals surface area (Å²) < 4.78 is 5.67. The number of benzene rings is 1. The van der Waals surface area contributed by atoms with E-state index in [1.165, 1.54) is 25.7 Å². The molecule has 2 aromatic rings. The Bertz CT molecular complexity index is 822. The van der Waals surface area contributed by atoms with Crippen LogP contribution in [-0.4, -0.2) is 28.8 Å². The number of ether oxygens (including phenoxy) is 1. The standard InChI is InChI=1S/C21H26ClN4OS.Co/c1-14-8-4-7-11-17(14)26(3)20-23-15(2)18(19(22)25-20)24-21(28)27-13-12-16-9-5-6-10-16;/h7-8,11,16H,5-6,9-10,12-13H2,1-3H3,(H,24,28);/q-1;. The van der Waals surface area contributed by atoms with Crippen molar-refractivity contribution < 1.29 is 21.5 Å². The van der Waals surface area contributed by atoms with Crippen LogP contribution in [0.1, 0.15) is 43.4 Å². The van der Waals surface area contributed by atoms with E-state index in [2.05, 4.69) is 21.4 Å². The van der Waals surface area contributed by atoms with Crippen LogP contribution in [0.4, 0.5) is 17.3 Å². The number of rotatable bonds is 6. The molecule has 8 heteroatoms. The summed E-state index contributed by atoms with van der Waals surface area (Å²) in [4.78, 5) is 10.9. The molecule has 159 valence electrons. The van der Waals surface area contributed by atoms with Gasteiger partial charge in [-0.3, -0.25) is 0 Å². The number of thiocarbonyl (C=S) groups is 1. The zero-order valence-electron chi connectivity index (χ0n) is 16.9. The van der Waals surface area contributed by atoms with Crippen LogP contribution in [0.3, 0.4) is 0 Å². The molecule has 29 heavy (non-hydrogen) atoms. The van der Waals surface area contributed by atoms with E-state index < -0.39 is 0 Å². The average molecular weight is 477 g/mol. The molecule has 1 saturated carbocycles. The Morgan fingerprint density at radius 3 is 2.72 bits per heavy atom. The van der Waals surface area contributed by atoms with Crippen LogP contribution < -0.4 is 10.2 Å². The summed E-state index contributed by atoms with van der Waals surface area (Å²) in [5.41, 5.74) is 3.38. The zero-order valence-corrected chi connectivity index (χ0v) is 19.5. The second kappa shape index (κ2) is 11.1. The van der Waals surface area contributed by atoms with Gasteiger partial charge in [-0.05, 0) is 31.5 Å². The van der Waals surface area contributed by atoms with Gasteiger partial charge in [0.15, 0.2) is 5.15 Å². The van der Waals surface area contributed by atoms with Crippen LogP contribution in [-0.2, 0) is 21.5 Å². The van der Waals surface area contributed by atoms with E-state index in [0.29, 0.717) is 34.3 Å². The molecule has 3 rings (SSSR count). The molecular weight excluding hydrogens is 451 g/mol. The maximum atomic E-state index is 6.43. The first-order valence-electron chi connectivity index (χ1n) is 9.64. The van der Waals surface area contributed by atoms with E-state index >= 15 is 0 Å². The fourth-order valence-corrected chi connectivity index (χ4v) is 4.01. The minimum Gasteiger partial charge on any atom is -0.471 e. The number of anilines is 3. The molecule has 0 unspecified atom stereocenters. The quantitative estimate of drug-likeness (QED) is 0.332. The Morgan fingerprint density at radius 2 is 2.07 bits per heavy atom. The van der Waals surface area contributed by atoms with Gasteiger partial charge in [0.05, 0.1) is 12.3 Å². The largest absolute Gasteiger partial charge is 0.471 e. The Kier molecular flexibility index (Phi) is 9.14. The smallest absolute Gasteiger partial charge is 0.261 e. The second-order valence-electron chi connectivity index (χ2n) is 7.25. The van der Waals surface area contributed by atoms with Crippen molar-refractivity contribution in [1.29, 1.82) is 0 Å². The number of hydrogen-bond acceptors (Lipinski definition) is 5. The van der Waals surface area contributed by atoms with Gasteiger partial charge < -0.3 is 15.0 Å². The van der Waals surface area contributed by atoms with Gasteiger partial charge in [-0.25, -0.2) is 4.98 Å². The van der Waals surface area contributed by atoms with Gasteiger partial charge in [0.1, 0.15) is 5.69 Å². The minimum atomic E-state index is 0. The normalized spacial score (nSPS) is 13.7. The molecule has 1 N–H and O–H groups in total. The predicted molar refractivity (Wildman–Crippen MR) is 119 cm³/mol. The summed E-state index contributed by atoms with van der Waals surface area (Å²) in [6.45, 7) is 4.52. The van der Waals surface area contributed by atoms with Crippen LogP contribution in [0.25, 0.3) is 0 Å². The maximum absolute atomic E-state index is 6.43. The number of aromatic nitrogens is 2. The zero-order chi connectivity index (χ0) is 20.1. The summed E-state index contributed by atoms with van der Waals surface area (Å²) >= 11 is 11.7. The molecule has 0 bridgehead atoms. The Labute approximate surface area is 193 Å². The summed E-state index contributed by atoms with van der Waals surface area (Å²) in [5.74, 6) is 1.29. The van der Waals surface area contributed by atoms with Crippen molar-refractivity contribution in [3.63, 3.8) is 0 Å². The Morgan fingerprint density at radius 1 is 1.34 bits per heavy atom. The van der Waals surface area contributed by atoms with Gasteiger partial charge in [-0.2, -0.15) is 23.2 Å². The summed E-state index contributed by atoms with van der Waals surface area (Å²) in [6, 6.07) is 8.83. The van der Waals surface area contributed by atoms with Crippen LogP contribution in [0.5, 0.6) is 0 Å². The number of halogens is 1. The number of nitrogens with zero attached hydrogens (tertiary/aromatic N) is 3. The minimum absolute atomic E-state index is 0. The molecule has 0 amide bonds. The molecule has 0 spiro atoms. The molecule has 1 aromatic carbocycles. The first-order chi connectivity index (χ1) is 13.5. The molecule has 1 aromatic heterocycles. The van der Waals surface area contributed by atoms with Gasteiger partial charge >= 0.3 is 0 Å². The second-order valence-corrected chi connectivity index (χ2v) is 7.98. The summed E-state index contributed by atoms with van der Waals surface area (Å²) in [5, 5.41) is 3.67. The van der Waals surface area contributed by atoms with Gasteiger partial charge in [0, 0.05) is 23.8 Å². The molecule has 1 heterocycles. The van der Waals surface area contributed by atoms with Crippen molar-refractivity contribution in [2.75, 3.05) is 23.9 Å². The fraction of sp³-hybridized carbons (Fsp3) is 0.476. The van der Waals surface area contributed by atoms with Crippen LogP contribution in [0.2, 0.25) is 5.15 Å². The Balaban J connectivity index is 0.00000300. The molecule has 1 fully saturated rings. The van der Waals surface area contributed by atoms with E-state index in [-0.39, 0.29) is 16.8 Å². The molecule has 0 atom stereocenters. The summed E-state index contributed by atoms with van der Waals surface area (Å²) in [6.07, 6.45) is 6.32. The molecule has 1 aliphatic rings. The average Bonchev–Trinajstić information content (AvgIpc) is 3.18. The monoisotopic (exact) mass is 476 g/mol. The van der Waals surface area contributed by atoms with Crippen molar-refractivity contribution >= 4 is 46.3 Å². The number of nitrogens with one attached hydrogen (secondary N) is 1.